The predicted molar refractivity (Wildman–Crippen MR) is 82.5 cm³/mol. The zero-order valence-corrected chi connectivity index (χ0v) is 12.3. The molecule has 0 bridgehead atoms. The predicted octanol–water partition coefficient (Wildman–Crippen LogP) is 4.71. The fourth-order valence-electron chi connectivity index (χ4n) is 2.69. The molecule has 0 aromatic heterocycles. The quantitative estimate of drug-likeness (QED) is 0.877. The lowest BCUT2D eigenvalue weighted by Gasteiger charge is -2.29. The van der Waals surface area contributed by atoms with E-state index in [2.05, 4.69) is 36.5 Å². The van der Waals surface area contributed by atoms with Crippen molar-refractivity contribution in [3.05, 3.63) is 65.5 Å². The van der Waals surface area contributed by atoms with Gasteiger partial charge < -0.3 is 5.32 Å². The molecule has 2 atom stereocenters. The third-order valence-corrected chi connectivity index (χ3v) is 4.88. The van der Waals surface area contributed by atoms with Crippen molar-refractivity contribution in [3.8, 4) is 0 Å². The summed E-state index contributed by atoms with van der Waals surface area (Å²) in [5.74, 6) is 0.959. The summed E-state index contributed by atoms with van der Waals surface area (Å²) in [6.07, 6.45) is 1.11. The minimum absolute atomic E-state index is 0.145. The van der Waals surface area contributed by atoms with Crippen LogP contribution >= 0.6 is 11.8 Å². The second-order valence-corrected chi connectivity index (χ2v) is 6.31. The smallest absolute Gasteiger partial charge is 0.123 e. The van der Waals surface area contributed by atoms with Crippen LogP contribution < -0.4 is 5.32 Å². The van der Waals surface area contributed by atoms with Gasteiger partial charge >= 0.3 is 0 Å². The van der Waals surface area contributed by atoms with Gasteiger partial charge in [-0.3, -0.25) is 0 Å². The van der Waals surface area contributed by atoms with E-state index in [1.165, 1.54) is 16.5 Å². The van der Waals surface area contributed by atoms with Crippen LogP contribution in [0.4, 0.5) is 4.39 Å². The van der Waals surface area contributed by atoms with Crippen LogP contribution in [0.25, 0.3) is 0 Å². The summed E-state index contributed by atoms with van der Waals surface area (Å²) in [4.78, 5) is 1.36. The third-order valence-electron chi connectivity index (χ3n) is 3.76. The molecule has 1 heterocycles. The van der Waals surface area contributed by atoms with E-state index in [0.717, 1.165) is 17.7 Å². The number of nitrogens with one attached hydrogen (secondary N) is 1. The molecule has 3 heteroatoms. The highest BCUT2D eigenvalue weighted by molar-refractivity contribution is 7.99. The molecule has 2 aromatic carbocycles. The second kappa shape index (κ2) is 5.98. The van der Waals surface area contributed by atoms with E-state index in [9.17, 15) is 4.39 Å². The van der Waals surface area contributed by atoms with E-state index >= 15 is 0 Å². The first kappa shape index (κ1) is 13.7. The average Bonchev–Trinajstić information content (AvgIpc) is 2.47. The lowest BCUT2D eigenvalue weighted by molar-refractivity contribution is 0.448. The molecule has 0 amide bonds. The zero-order chi connectivity index (χ0) is 13.9. The summed E-state index contributed by atoms with van der Waals surface area (Å²) in [6.45, 7) is 2.10. The van der Waals surface area contributed by atoms with E-state index in [4.69, 9.17) is 0 Å². The summed E-state index contributed by atoms with van der Waals surface area (Å²) in [5, 5.41) is 3.64. The molecule has 1 unspecified atom stereocenters. The number of halogens is 1. The highest BCUT2D eigenvalue weighted by atomic mass is 32.2. The van der Waals surface area contributed by atoms with Crippen molar-refractivity contribution in [2.45, 2.75) is 30.3 Å². The van der Waals surface area contributed by atoms with Gasteiger partial charge in [-0.05, 0) is 48.4 Å². The van der Waals surface area contributed by atoms with Crippen LogP contribution in [-0.4, -0.2) is 5.75 Å². The first-order chi connectivity index (χ1) is 9.74. The Labute approximate surface area is 123 Å². The molecule has 1 N–H and O–H groups in total. The zero-order valence-electron chi connectivity index (χ0n) is 11.5. The van der Waals surface area contributed by atoms with E-state index < -0.39 is 0 Å². The van der Waals surface area contributed by atoms with Gasteiger partial charge in [-0.25, -0.2) is 4.39 Å². The van der Waals surface area contributed by atoms with Crippen molar-refractivity contribution in [2.75, 3.05) is 5.75 Å². The molecular weight excluding hydrogens is 269 g/mol. The fraction of sp³-hybridized carbons (Fsp3) is 0.294. The number of rotatable bonds is 3. The molecule has 0 saturated heterocycles. The summed E-state index contributed by atoms with van der Waals surface area (Å²) >= 11 is 1.92. The molecule has 0 aliphatic carbocycles. The summed E-state index contributed by atoms with van der Waals surface area (Å²) < 4.78 is 13.3. The van der Waals surface area contributed by atoms with Crippen molar-refractivity contribution in [1.29, 1.82) is 0 Å². The van der Waals surface area contributed by atoms with Crippen LogP contribution in [0.2, 0.25) is 0 Å². The largest absolute Gasteiger partial charge is 0.303 e. The Bertz CT molecular complexity index is 599. The molecular formula is C17H18FNS. The number of hydrogen-bond acceptors (Lipinski definition) is 2. The van der Waals surface area contributed by atoms with E-state index in [-0.39, 0.29) is 11.9 Å². The molecule has 2 aromatic rings. The van der Waals surface area contributed by atoms with Crippen molar-refractivity contribution >= 4 is 11.8 Å². The molecule has 1 aliphatic heterocycles. The minimum atomic E-state index is -0.171. The van der Waals surface area contributed by atoms with Gasteiger partial charge in [-0.15, -0.1) is 11.8 Å². The molecule has 0 fully saturated rings. The van der Waals surface area contributed by atoms with Crippen LogP contribution in [-0.2, 0) is 0 Å². The van der Waals surface area contributed by atoms with E-state index in [1.54, 1.807) is 12.1 Å². The Hall–Kier alpha value is -1.32. The lowest BCUT2D eigenvalue weighted by atomic mass is 10.0. The first-order valence-electron chi connectivity index (χ1n) is 6.97. The SMILES string of the molecule is C[C@H](NC1CCSc2ccccc21)c1cccc(F)c1. The molecule has 0 saturated carbocycles. The third kappa shape index (κ3) is 2.89. The molecule has 0 radical (unpaired) electrons. The van der Waals surface area contributed by atoms with Crippen LogP contribution in [0.5, 0.6) is 0 Å². The summed E-state index contributed by atoms with van der Waals surface area (Å²) in [5.41, 5.74) is 2.37. The van der Waals surface area contributed by atoms with Crippen LogP contribution in [0.15, 0.2) is 53.4 Å². The molecule has 3 rings (SSSR count). The molecule has 1 nitrogen and oxygen atoms in total. The Balaban J connectivity index is 1.79. The number of thioether (sulfide) groups is 1. The summed E-state index contributed by atoms with van der Waals surface area (Å²) in [7, 11) is 0. The van der Waals surface area contributed by atoms with Gasteiger partial charge in [0.1, 0.15) is 5.82 Å². The maximum absolute atomic E-state index is 13.3. The Kier molecular flexibility index (Phi) is 4.08. The Morgan fingerprint density at radius 3 is 2.90 bits per heavy atom. The highest BCUT2D eigenvalue weighted by Gasteiger charge is 2.21. The van der Waals surface area contributed by atoms with Gasteiger partial charge in [-0.2, -0.15) is 0 Å². The Morgan fingerprint density at radius 2 is 2.05 bits per heavy atom. The maximum atomic E-state index is 13.3. The van der Waals surface area contributed by atoms with Gasteiger partial charge in [0.15, 0.2) is 0 Å². The van der Waals surface area contributed by atoms with Gasteiger partial charge in [0.2, 0.25) is 0 Å². The highest BCUT2D eigenvalue weighted by Crippen LogP contribution is 2.37. The van der Waals surface area contributed by atoms with Gasteiger partial charge in [0.25, 0.3) is 0 Å². The minimum Gasteiger partial charge on any atom is -0.303 e. The first-order valence-corrected chi connectivity index (χ1v) is 7.96. The van der Waals surface area contributed by atoms with Crippen molar-refractivity contribution in [3.63, 3.8) is 0 Å². The van der Waals surface area contributed by atoms with Crippen LogP contribution in [0.3, 0.4) is 0 Å². The molecule has 0 spiro atoms. The summed E-state index contributed by atoms with van der Waals surface area (Å²) in [6, 6.07) is 15.9. The standard InChI is InChI=1S/C17H18FNS/c1-12(13-5-4-6-14(18)11-13)19-16-9-10-20-17-8-3-2-7-15(16)17/h2-8,11-12,16,19H,9-10H2,1H3/t12-,16?/m0/s1. The van der Waals surface area contributed by atoms with Crippen molar-refractivity contribution < 1.29 is 4.39 Å². The van der Waals surface area contributed by atoms with Crippen molar-refractivity contribution in [1.82, 2.24) is 5.32 Å². The van der Waals surface area contributed by atoms with E-state index in [1.807, 2.05) is 17.8 Å². The molecule has 20 heavy (non-hydrogen) atoms. The monoisotopic (exact) mass is 287 g/mol. The number of fused-ring (bicyclic) bond motifs is 1. The van der Waals surface area contributed by atoms with Crippen molar-refractivity contribution in [2.24, 2.45) is 0 Å². The van der Waals surface area contributed by atoms with Crippen LogP contribution in [0, 0.1) is 5.82 Å². The van der Waals surface area contributed by atoms with Gasteiger partial charge in [0.05, 0.1) is 0 Å². The van der Waals surface area contributed by atoms with E-state index in [0.29, 0.717) is 6.04 Å². The van der Waals surface area contributed by atoms with Gasteiger partial charge in [0, 0.05) is 17.0 Å². The topological polar surface area (TPSA) is 12.0 Å². The number of hydrogen-bond donors (Lipinski definition) is 1. The average molecular weight is 287 g/mol. The van der Waals surface area contributed by atoms with Gasteiger partial charge in [-0.1, -0.05) is 30.3 Å². The second-order valence-electron chi connectivity index (χ2n) is 5.17. The fourth-order valence-corrected chi connectivity index (χ4v) is 3.81. The Morgan fingerprint density at radius 1 is 1.20 bits per heavy atom. The lowest BCUT2D eigenvalue weighted by Crippen LogP contribution is -2.27. The maximum Gasteiger partial charge on any atom is 0.123 e. The normalized spacial score (nSPS) is 19.4. The molecule has 104 valence electrons. The molecule has 1 aliphatic rings. The number of benzene rings is 2. The van der Waals surface area contributed by atoms with Crippen LogP contribution in [0.1, 0.15) is 36.6 Å².